The van der Waals surface area contributed by atoms with E-state index in [0.717, 1.165) is 23.9 Å². The van der Waals surface area contributed by atoms with E-state index in [1.807, 2.05) is 18.3 Å². The molecule has 1 atom stereocenters. The summed E-state index contributed by atoms with van der Waals surface area (Å²) in [6.07, 6.45) is 8.70. The third-order valence-corrected chi connectivity index (χ3v) is 6.20. The fourth-order valence-corrected chi connectivity index (χ4v) is 4.04. The van der Waals surface area contributed by atoms with Crippen molar-refractivity contribution < 1.29 is 16.7 Å². The molecule has 0 radical (unpaired) electrons. The van der Waals surface area contributed by atoms with Gasteiger partial charge in [0.2, 0.25) is 0 Å². The van der Waals surface area contributed by atoms with Gasteiger partial charge in [0.15, 0.2) is 5.67 Å². The molecule has 0 unspecified atom stereocenters. The van der Waals surface area contributed by atoms with Crippen LogP contribution in [0.15, 0.2) is 49.1 Å². The predicted molar refractivity (Wildman–Crippen MR) is 126 cm³/mol. The minimum atomic E-state index is -2.22. The molecule has 0 spiro atoms. The number of hydrogen-bond donors (Lipinski definition) is 1. The van der Waals surface area contributed by atoms with Gasteiger partial charge < -0.3 is 10.1 Å². The van der Waals surface area contributed by atoms with Crippen LogP contribution in [0.4, 0.5) is 4.39 Å². The third kappa shape index (κ3) is 4.35. The Morgan fingerprint density at radius 3 is 2.91 bits per heavy atom. The number of rotatable bonds is 5. The third-order valence-electron chi connectivity index (χ3n) is 6.20. The molecule has 35 heavy (non-hydrogen) atoms. The first-order chi connectivity index (χ1) is 17.7. The molecule has 1 N–H and O–H groups in total. The maximum atomic E-state index is 15.0. The number of carbonyl (C=O) groups excluding carboxylic acids is 1. The van der Waals surface area contributed by atoms with Crippen LogP contribution in [0.3, 0.4) is 0 Å². The summed E-state index contributed by atoms with van der Waals surface area (Å²) in [4.78, 5) is 35.0. The quantitative estimate of drug-likeness (QED) is 0.468. The topological polar surface area (TPSA) is 103 Å². The first kappa shape index (κ1) is 19.5. The number of pyridine rings is 3. The predicted octanol–water partition coefficient (Wildman–Crippen LogP) is 4.00. The van der Waals surface area contributed by atoms with E-state index in [4.69, 9.17) is 17.4 Å². The number of halogens is 1. The maximum absolute atomic E-state index is 15.0. The number of alkyl halides is 1. The number of amides is 1. The Morgan fingerprint density at radius 2 is 2.06 bits per heavy atom. The lowest BCUT2D eigenvalue weighted by Crippen LogP contribution is -2.31. The Morgan fingerprint density at radius 1 is 1.17 bits per heavy atom. The Hall–Kier alpha value is -3.85. The monoisotopic (exact) mass is 472 g/mol. The molecule has 1 aliphatic heterocycles. The summed E-state index contributed by atoms with van der Waals surface area (Å²) >= 11 is 0. The number of carbonyl (C=O) groups is 1. The van der Waals surface area contributed by atoms with Crippen LogP contribution in [0, 0.1) is 0 Å². The summed E-state index contributed by atoms with van der Waals surface area (Å²) in [7, 11) is 0. The standard InChI is InChI=1S/C26H23FN6O2/c1-26(27)14-35-13-24-19(26)6-17(9-30-24)25(34)31-10-18-7-21-16(8-29-18)4-5-20(32-21)23-12-28-11-22(33-23)15-2-3-15/h4-9,11-12,15H,2-3,10,13-14H2,1H3,(H,31,34)/t26-/m1/s1/i13D2. The molecule has 5 heterocycles. The highest BCUT2D eigenvalue weighted by molar-refractivity contribution is 5.94. The van der Waals surface area contributed by atoms with Gasteiger partial charge in [-0.1, -0.05) is 0 Å². The van der Waals surface area contributed by atoms with E-state index in [1.54, 1.807) is 18.5 Å². The van der Waals surface area contributed by atoms with E-state index in [2.05, 4.69) is 20.3 Å². The van der Waals surface area contributed by atoms with Crippen molar-refractivity contribution in [3.05, 3.63) is 77.3 Å². The lowest BCUT2D eigenvalue weighted by Gasteiger charge is -2.28. The van der Waals surface area contributed by atoms with E-state index in [-0.39, 0.29) is 23.4 Å². The highest BCUT2D eigenvalue weighted by Crippen LogP contribution is 2.39. The Balaban J connectivity index is 1.21. The Kier molecular flexibility index (Phi) is 4.68. The average molecular weight is 473 g/mol. The van der Waals surface area contributed by atoms with Crippen LogP contribution in [-0.4, -0.2) is 37.4 Å². The SMILES string of the molecule is [2H]C1([2H])OC[C@@](C)(F)c2cc(C(=O)NCc3cc4nc(-c5cncc(C6CC6)n5)ccc4cn3)cnc21. The van der Waals surface area contributed by atoms with Crippen molar-refractivity contribution in [3.63, 3.8) is 0 Å². The van der Waals surface area contributed by atoms with Gasteiger partial charge in [-0.3, -0.25) is 19.7 Å². The molecule has 6 rings (SSSR count). The van der Waals surface area contributed by atoms with Crippen molar-refractivity contribution in [2.45, 2.75) is 44.5 Å². The summed E-state index contributed by atoms with van der Waals surface area (Å²) in [6.45, 7) is -1.29. The molecule has 1 fully saturated rings. The molecule has 1 aliphatic carbocycles. The largest absolute Gasteiger partial charge is 0.371 e. The summed E-state index contributed by atoms with van der Waals surface area (Å²) in [6, 6.07) is 6.94. The van der Waals surface area contributed by atoms with Gasteiger partial charge in [0.25, 0.3) is 5.91 Å². The van der Waals surface area contributed by atoms with Crippen LogP contribution in [0.2, 0.25) is 0 Å². The minimum Gasteiger partial charge on any atom is -0.371 e. The fraction of sp³-hybridized carbons (Fsp3) is 0.308. The summed E-state index contributed by atoms with van der Waals surface area (Å²) < 4.78 is 35.8. The van der Waals surface area contributed by atoms with Crippen molar-refractivity contribution in [2.24, 2.45) is 0 Å². The normalized spacial score (nSPS) is 21.7. The number of nitrogens with zero attached hydrogens (tertiary/aromatic N) is 5. The zero-order valence-electron chi connectivity index (χ0n) is 21.0. The van der Waals surface area contributed by atoms with Crippen LogP contribution in [0.5, 0.6) is 0 Å². The molecule has 2 aliphatic rings. The first-order valence-corrected chi connectivity index (χ1v) is 11.4. The van der Waals surface area contributed by atoms with Gasteiger partial charge in [0.05, 0.1) is 62.5 Å². The summed E-state index contributed by atoms with van der Waals surface area (Å²) in [5.41, 5.74) is 1.72. The fourth-order valence-electron chi connectivity index (χ4n) is 4.04. The highest BCUT2D eigenvalue weighted by atomic mass is 19.1. The molecule has 4 aromatic rings. The van der Waals surface area contributed by atoms with Gasteiger partial charge >= 0.3 is 0 Å². The zero-order valence-corrected chi connectivity index (χ0v) is 19.0. The lowest BCUT2D eigenvalue weighted by molar-refractivity contribution is -0.00692. The lowest BCUT2D eigenvalue weighted by atomic mass is 9.94. The van der Waals surface area contributed by atoms with Crippen molar-refractivity contribution in [3.8, 4) is 11.4 Å². The molecule has 4 aromatic heterocycles. The summed E-state index contributed by atoms with van der Waals surface area (Å²) in [5.74, 6) is 0.0139. The molecular formula is C26H23FN6O2. The van der Waals surface area contributed by atoms with Crippen LogP contribution < -0.4 is 5.32 Å². The molecule has 0 aromatic carbocycles. The van der Waals surface area contributed by atoms with Crippen LogP contribution in [0.1, 0.15) is 61.4 Å². The minimum absolute atomic E-state index is 0.00538. The van der Waals surface area contributed by atoms with Gasteiger partial charge in [0, 0.05) is 35.5 Å². The Bertz CT molecular complexity index is 1540. The zero-order chi connectivity index (χ0) is 25.8. The van der Waals surface area contributed by atoms with Crippen molar-refractivity contribution in [1.82, 2.24) is 30.2 Å². The number of hydrogen-bond acceptors (Lipinski definition) is 7. The van der Waals surface area contributed by atoms with Crippen molar-refractivity contribution >= 4 is 16.8 Å². The van der Waals surface area contributed by atoms with Gasteiger partial charge in [-0.25, -0.2) is 14.4 Å². The van der Waals surface area contributed by atoms with Crippen LogP contribution in [0.25, 0.3) is 22.3 Å². The van der Waals surface area contributed by atoms with E-state index >= 15 is 0 Å². The number of fused-ring (bicyclic) bond motifs is 2. The van der Waals surface area contributed by atoms with E-state index < -0.39 is 24.7 Å². The second-order valence-electron chi connectivity index (χ2n) is 9.06. The molecule has 1 saturated carbocycles. The Labute approximate surface area is 203 Å². The molecule has 176 valence electrons. The van der Waals surface area contributed by atoms with E-state index in [9.17, 15) is 9.18 Å². The van der Waals surface area contributed by atoms with Gasteiger partial charge in [0.1, 0.15) is 5.69 Å². The van der Waals surface area contributed by atoms with Gasteiger partial charge in [-0.05, 0) is 44.0 Å². The van der Waals surface area contributed by atoms with Crippen LogP contribution >= 0.6 is 0 Å². The van der Waals surface area contributed by atoms with Crippen LogP contribution in [-0.2, 0) is 23.5 Å². The van der Waals surface area contributed by atoms with Gasteiger partial charge in [-0.2, -0.15) is 0 Å². The van der Waals surface area contributed by atoms with Gasteiger partial charge in [-0.15, -0.1) is 0 Å². The molecule has 0 bridgehead atoms. The molecule has 1 amide bonds. The first-order valence-electron chi connectivity index (χ1n) is 12.4. The second kappa shape index (κ2) is 8.42. The smallest absolute Gasteiger partial charge is 0.253 e. The second-order valence-corrected chi connectivity index (χ2v) is 9.06. The molecule has 0 saturated heterocycles. The maximum Gasteiger partial charge on any atom is 0.253 e. The van der Waals surface area contributed by atoms with Crippen molar-refractivity contribution in [1.29, 1.82) is 0 Å². The van der Waals surface area contributed by atoms with Crippen molar-refractivity contribution in [2.75, 3.05) is 6.61 Å². The highest BCUT2D eigenvalue weighted by Gasteiger charge is 2.34. The molecular weight excluding hydrogens is 447 g/mol. The molecule has 8 nitrogen and oxygen atoms in total. The summed E-state index contributed by atoms with van der Waals surface area (Å²) in [5, 5.41) is 3.62. The van der Waals surface area contributed by atoms with E-state index in [1.165, 1.54) is 19.2 Å². The number of ether oxygens (including phenoxy) is 1. The van der Waals surface area contributed by atoms with E-state index in [0.29, 0.717) is 28.5 Å². The molecule has 9 heteroatoms. The average Bonchev–Trinajstić information content (AvgIpc) is 3.75. The number of aromatic nitrogens is 5. The number of nitrogens with one attached hydrogen (secondary N) is 1.